The molecule has 3 nitrogen and oxygen atoms in total. The Morgan fingerprint density at radius 1 is 1.30 bits per heavy atom. The van der Waals surface area contributed by atoms with Crippen LogP contribution in [-0.4, -0.2) is 30.0 Å². The first kappa shape index (κ1) is 10.1. The van der Waals surface area contributed by atoms with Crippen molar-refractivity contribution in [1.82, 2.24) is 0 Å². The maximum absolute atomic E-state index is 5.37. The van der Waals surface area contributed by atoms with Crippen LogP contribution in [0.1, 0.15) is 13.8 Å². The van der Waals surface area contributed by atoms with E-state index in [1.54, 1.807) is 21.1 Å². The Bertz CT molecular complexity index is 83.1. The second-order valence-electron chi connectivity index (χ2n) is 2.12. The average Bonchev–Trinajstić information content (AvgIpc) is 2.00. The standard InChI is InChI=1S/C6H16O3Si/c1-5-10-9-6(2,7-3)8-4/h5,10H2,1-4H3. The molecule has 0 saturated heterocycles. The molecule has 0 unspecified atom stereocenters. The first-order valence-electron chi connectivity index (χ1n) is 3.42. The van der Waals surface area contributed by atoms with Crippen molar-refractivity contribution in [1.29, 1.82) is 0 Å². The van der Waals surface area contributed by atoms with Crippen molar-refractivity contribution in [2.75, 3.05) is 14.2 Å². The van der Waals surface area contributed by atoms with Crippen LogP contribution in [0.2, 0.25) is 6.04 Å². The van der Waals surface area contributed by atoms with Gasteiger partial charge >= 0.3 is 0 Å². The normalized spacial score (nSPS) is 13.2. The molecule has 0 spiro atoms. The molecule has 0 amide bonds. The van der Waals surface area contributed by atoms with Gasteiger partial charge in [0.25, 0.3) is 5.97 Å². The summed E-state index contributed by atoms with van der Waals surface area (Å²) >= 11 is 0. The van der Waals surface area contributed by atoms with Gasteiger partial charge in [0.15, 0.2) is 9.76 Å². The average molecular weight is 164 g/mol. The van der Waals surface area contributed by atoms with E-state index in [1.165, 1.54) is 0 Å². The number of rotatable bonds is 5. The fourth-order valence-corrected chi connectivity index (χ4v) is 1.30. The van der Waals surface area contributed by atoms with Crippen LogP contribution < -0.4 is 0 Å². The molecule has 4 heteroatoms. The van der Waals surface area contributed by atoms with Gasteiger partial charge in [-0.15, -0.1) is 0 Å². The third-order valence-corrected chi connectivity index (χ3v) is 2.45. The maximum atomic E-state index is 5.37. The Balaban J connectivity index is 3.58. The van der Waals surface area contributed by atoms with Crippen molar-refractivity contribution in [2.45, 2.75) is 25.9 Å². The monoisotopic (exact) mass is 164 g/mol. The number of hydrogen-bond donors (Lipinski definition) is 0. The van der Waals surface area contributed by atoms with E-state index < -0.39 is 15.7 Å². The van der Waals surface area contributed by atoms with Gasteiger partial charge in [-0.1, -0.05) is 6.92 Å². The van der Waals surface area contributed by atoms with E-state index in [-0.39, 0.29) is 0 Å². The van der Waals surface area contributed by atoms with Gasteiger partial charge in [0, 0.05) is 21.1 Å². The van der Waals surface area contributed by atoms with Crippen LogP contribution in [0.4, 0.5) is 0 Å². The molecule has 0 aromatic rings. The minimum Gasteiger partial charge on any atom is -0.376 e. The molecule has 0 aliphatic rings. The minimum absolute atomic E-state index is 0.454. The van der Waals surface area contributed by atoms with E-state index in [0.717, 1.165) is 6.04 Å². The number of ether oxygens (including phenoxy) is 2. The van der Waals surface area contributed by atoms with Gasteiger partial charge in [-0.2, -0.15) is 0 Å². The predicted molar refractivity (Wildman–Crippen MR) is 42.5 cm³/mol. The molecule has 0 atom stereocenters. The molecule has 0 saturated carbocycles. The quantitative estimate of drug-likeness (QED) is 0.437. The largest absolute Gasteiger partial charge is 0.376 e. The summed E-state index contributed by atoms with van der Waals surface area (Å²) in [5, 5.41) is 0. The smallest absolute Gasteiger partial charge is 0.269 e. The zero-order valence-electron chi connectivity index (χ0n) is 7.14. The number of hydrogen-bond acceptors (Lipinski definition) is 3. The molecule has 62 valence electrons. The van der Waals surface area contributed by atoms with Gasteiger partial charge in [0.05, 0.1) is 0 Å². The van der Waals surface area contributed by atoms with Crippen LogP contribution in [-0.2, 0) is 13.9 Å². The Kier molecular flexibility index (Phi) is 4.89. The fourth-order valence-electron chi connectivity index (χ4n) is 0.489. The first-order chi connectivity index (χ1) is 4.68. The Morgan fingerprint density at radius 3 is 2.10 bits per heavy atom. The minimum atomic E-state index is -0.803. The SMILES string of the molecule is CC[SiH2]OC(C)(OC)OC. The summed E-state index contributed by atoms with van der Waals surface area (Å²) in [7, 11) is 2.70. The van der Waals surface area contributed by atoms with Gasteiger partial charge in [-0.3, -0.25) is 0 Å². The van der Waals surface area contributed by atoms with Gasteiger partial charge in [0.1, 0.15) is 0 Å². The van der Waals surface area contributed by atoms with Crippen molar-refractivity contribution in [2.24, 2.45) is 0 Å². The molecule has 10 heavy (non-hydrogen) atoms. The lowest BCUT2D eigenvalue weighted by atomic mass is 10.7. The summed E-state index contributed by atoms with van der Waals surface area (Å²) in [5.74, 6) is -0.803. The molecule has 0 rings (SSSR count). The number of methoxy groups -OCH3 is 2. The van der Waals surface area contributed by atoms with Crippen LogP contribution in [0.25, 0.3) is 0 Å². The molecule has 0 heterocycles. The van der Waals surface area contributed by atoms with Gasteiger partial charge in [-0.25, -0.2) is 0 Å². The molecular formula is C6H16O3Si. The third-order valence-electron chi connectivity index (χ3n) is 1.31. The Labute approximate surface area is 64.6 Å². The van der Waals surface area contributed by atoms with Gasteiger partial charge < -0.3 is 13.9 Å². The first-order valence-corrected chi connectivity index (χ1v) is 5.00. The lowest BCUT2D eigenvalue weighted by Crippen LogP contribution is -2.34. The molecule has 0 aliphatic carbocycles. The molecule has 0 N–H and O–H groups in total. The van der Waals surface area contributed by atoms with Crippen LogP contribution in [0.3, 0.4) is 0 Å². The Morgan fingerprint density at radius 2 is 1.80 bits per heavy atom. The van der Waals surface area contributed by atoms with Crippen molar-refractivity contribution < 1.29 is 13.9 Å². The molecule has 0 fully saturated rings. The second kappa shape index (κ2) is 4.84. The zero-order valence-corrected chi connectivity index (χ0v) is 8.55. The molecular weight excluding hydrogens is 148 g/mol. The second-order valence-corrected chi connectivity index (χ2v) is 3.82. The van der Waals surface area contributed by atoms with E-state index in [4.69, 9.17) is 13.9 Å². The van der Waals surface area contributed by atoms with Crippen LogP contribution >= 0.6 is 0 Å². The molecule has 0 aromatic heterocycles. The molecule has 0 radical (unpaired) electrons. The highest BCUT2D eigenvalue weighted by Crippen LogP contribution is 2.10. The van der Waals surface area contributed by atoms with Gasteiger partial charge in [-0.05, 0) is 6.04 Å². The van der Waals surface area contributed by atoms with Gasteiger partial charge in [0.2, 0.25) is 0 Å². The van der Waals surface area contributed by atoms with Crippen molar-refractivity contribution >= 4 is 9.76 Å². The maximum Gasteiger partial charge on any atom is 0.269 e. The topological polar surface area (TPSA) is 27.7 Å². The van der Waals surface area contributed by atoms with Crippen LogP contribution in [0, 0.1) is 0 Å². The fraction of sp³-hybridized carbons (Fsp3) is 1.00. The van der Waals surface area contributed by atoms with E-state index >= 15 is 0 Å². The van der Waals surface area contributed by atoms with E-state index in [9.17, 15) is 0 Å². The summed E-state index contributed by atoms with van der Waals surface area (Å²) in [6.07, 6.45) is 0. The molecule has 0 bridgehead atoms. The third kappa shape index (κ3) is 3.31. The zero-order chi connectivity index (χ0) is 8.04. The summed E-state index contributed by atoms with van der Waals surface area (Å²) in [5.41, 5.74) is 0. The van der Waals surface area contributed by atoms with E-state index in [1.807, 2.05) is 0 Å². The molecule has 0 aliphatic heterocycles. The van der Waals surface area contributed by atoms with E-state index in [0.29, 0.717) is 0 Å². The van der Waals surface area contributed by atoms with Crippen molar-refractivity contribution in [3.8, 4) is 0 Å². The highest BCUT2D eigenvalue weighted by atomic mass is 28.2. The highest BCUT2D eigenvalue weighted by molar-refractivity contribution is 6.26. The van der Waals surface area contributed by atoms with Crippen molar-refractivity contribution in [3.63, 3.8) is 0 Å². The highest BCUT2D eigenvalue weighted by Gasteiger charge is 2.21. The van der Waals surface area contributed by atoms with Crippen LogP contribution in [0.5, 0.6) is 0 Å². The van der Waals surface area contributed by atoms with Crippen LogP contribution in [0.15, 0.2) is 0 Å². The lowest BCUT2D eigenvalue weighted by Gasteiger charge is -2.26. The lowest BCUT2D eigenvalue weighted by molar-refractivity contribution is -0.310. The Hall–Kier alpha value is 0.0969. The molecule has 0 aromatic carbocycles. The van der Waals surface area contributed by atoms with E-state index in [2.05, 4.69) is 6.92 Å². The summed E-state index contributed by atoms with van der Waals surface area (Å²) in [6, 6.07) is 1.10. The predicted octanol–water partition coefficient (Wildman–Crippen LogP) is 0.491. The van der Waals surface area contributed by atoms with Crippen molar-refractivity contribution in [3.05, 3.63) is 0 Å². The summed E-state index contributed by atoms with van der Waals surface area (Å²) in [4.78, 5) is 0. The summed E-state index contributed by atoms with van der Waals surface area (Å²) < 4.78 is 15.3. The summed E-state index contributed by atoms with van der Waals surface area (Å²) in [6.45, 7) is 3.87.